The molecule has 4 N–H and O–H groups in total. The molecule has 2 aliphatic rings. The Labute approximate surface area is 218 Å². The summed E-state index contributed by atoms with van der Waals surface area (Å²) in [6.07, 6.45) is -5.06. The highest BCUT2D eigenvalue weighted by Crippen LogP contribution is 2.44. The van der Waals surface area contributed by atoms with Crippen molar-refractivity contribution in [1.82, 2.24) is 25.0 Å². The highest BCUT2D eigenvalue weighted by atomic mass is 32.2. The molecule has 2 heterocycles. The van der Waals surface area contributed by atoms with Crippen LogP contribution < -0.4 is 5.32 Å². The summed E-state index contributed by atoms with van der Waals surface area (Å²) < 4.78 is 84.7. The maximum atomic E-state index is 14.4. The van der Waals surface area contributed by atoms with E-state index in [1.165, 1.54) is 16.4 Å². The van der Waals surface area contributed by atoms with Crippen LogP contribution in [0.3, 0.4) is 0 Å². The van der Waals surface area contributed by atoms with Gasteiger partial charge in [-0.25, -0.2) is 23.4 Å². The van der Waals surface area contributed by atoms with E-state index in [-0.39, 0.29) is 41.8 Å². The van der Waals surface area contributed by atoms with Crippen LogP contribution in [0.1, 0.15) is 51.9 Å². The molecular weight excluding hydrogens is 494 g/mol. The van der Waals surface area contributed by atoms with Gasteiger partial charge in [0.2, 0.25) is 0 Å². The highest BCUT2D eigenvalue weighted by Gasteiger charge is 2.45. The first-order valence-corrected chi connectivity index (χ1v) is 12.4. The number of halogens is 2. The van der Waals surface area contributed by atoms with Gasteiger partial charge in [-0.1, -0.05) is 29.9 Å². The van der Waals surface area contributed by atoms with Gasteiger partial charge < -0.3 is 25.4 Å². The zero-order valence-electron chi connectivity index (χ0n) is 25.1. The molecule has 3 aromatic rings. The van der Waals surface area contributed by atoms with Crippen molar-refractivity contribution in [3.05, 3.63) is 35.3 Å². The number of hydrogen-bond acceptors (Lipinski definition) is 10. The van der Waals surface area contributed by atoms with Gasteiger partial charge in [0.05, 0.1) is 29.5 Å². The van der Waals surface area contributed by atoms with Gasteiger partial charge in [-0.2, -0.15) is 0 Å². The summed E-state index contributed by atoms with van der Waals surface area (Å²) in [6, 6.07) is -5.69. The van der Waals surface area contributed by atoms with Crippen molar-refractivity contribution in [2.75, 3.05) is 24.3 Å². The molecule has 2 aromatic heterocycles. The van der Waals surface area contributed by atoms with E-state index < -0.39 is 78.0 Å². The molecule has 2 aliphatic carbocycles. The molecule has 36 heavy (non-hydrogen) atoms. The maximum Gasteiger partial charge on any atom is 0.191 e. The Morgan fingerprint density at radius 2 is 2.14 bits per heavy atom. The van der Waals surface area contributed by atoms with Crippen LogP contribution in [0.2, 0.25) is 0 Å². The topological polar surface area (TPSA) is 138 Å². The van der Waals surface area contributed by atoms with E-state index in [2.05, 4.69) is 25.6 Å². The fraction of sp³-hybridized carbons (Fsp3) is 0.565. The van der Waals surface area contributed by atoms with Gasteiger partial charge in [-0.05, 0) is 30.4 Å². The minimum absolute atomic E-state index is 0.0194. The average Bonchev–Trinajstić information content (AvgIpc) is 3.28. The highest BCUT2D eigenvalue weighted by molar-refractivity contribution is 7.99. The molecule has 0 amide bonds. The Morgan fingerprint density at radius 1 is 1.31 bits per heavy atom. The predicted molar refractivity (Wildman–Crippen MR) is 128 cm³/mol. The van der Waals surface area contributed by atoms with E-state index >= 15 is 0 Å². The van der Waals surface area contributed by atoms with E-state index in [4.69, 9.17) is 18.1 Å². The SMILES string of the molecule is [2H]c1c([2H])c(C2([2H])[C@@H](Nc3nc(SCCC)nc4c3nnn4[C@@H]3C[C@H](OCCO)[C@@H](O)[C@H]3O)C2([2H])[2H])c([2H])c(F)c1F. The maximum absolute atomic E-state index is 14.4. The van der Waals surface area contributed by atoms with Crippen molar-refractivity contribution in [2.24, 2.45) is 0 Å². The van der Waals surface area contributed by atoms with Crippen molar-refractivity contribution in [3.63, 3.8) is 0 Å². The number of nitrogens with one attached hydrogen (secondary N) is 1. The van der Waals surface area contributed by atoms with Crippen LogP contribution in [0, 0.1) is 11.6 Å². The van der Waals surface area contributed by atoms with E-state index in [1.807, 2.05) is 6.92 Å². The lowest BCUT2D eigenvalue weighted by molar-refractivity contribution is -0.0629. The standard InChI is InChI=1S/C23H28F2N6O4S/c1-2-7-36-23-27-21(26-15-9-12(15)11-3-4-13(24)14(25)8-11)18-22(28-23)31(30-29-18)16-10-17(35-6-5-32)20(34)19(16)33/h3-4,8,12,15-17,19-20,32-34H,2,5-7,9-10H2,1H3,(H,26,27,28)/t12?,15-,16+,17-,19-,20+/m0/s1/i3D,4D,8D,9D2,12D. The minimum Gasteiger partial charge on any atom is -0.394 e. The zero-order valence-corrected chi connectivity index (χ0v) is 19.9. The first kappa shape index (κ1) is 18.7. The summed E-state index contributed by atoms with van der Waals surface area (Å²) in [7, 11) is 0. The number of aliphatic hydroxyl groups excluding tert-OH is 3. The first-order valence-electron chi connectivity index (χ1n) is 14.4. The minimum atomic E-state index is -2.51. The number of nitrogens with zero attached hydrogens (tertiary/aromatic N) is 5. The molecule has 1 aromatic carbocycles. The van der Waals surface area contributed by atoms with Crippen molar-refractivity contribution in [2.45, 2.75) is 67.6 Å². The second-order valence-electron chi connectivity index (χ2n) is 8.34. The quantitative estimate of drug-likeness (QED) is 0.228. The fourth-order valence-electron chi connectivity index (χ4n) is 4.05. The third-order valence-electron chi connectivity index (χ3n) is 5.85. The molecule has 10 nitrogen and oxygen atoms in total. The lowest BCUT2D eigenvalue weighted by Crippen LogP contribution is -2.33. The van der Waals surface area contributed by atoms with E-state index in [1.54, 1.807) is 0 Å². The molecule has 0 radical (unpaired) electrons. The number of anilines is 1. The molecule has 1 unspecified atom stereocenters. The summed E-state index contributed by atoms with van der Waals surface area (Å²) >= 11 is 1.26. The zero-order chi connectivity index (χ0) is 30.7. The second-order valence-corrected chi connectivity index (χ2v) is 9.40. The van der Waals surface area contributed by atoms with Gasteiger partial charge in [-0.15, -0.1) is 5.10 Å². The molecule has 0 aliphatic heterocycles. The molecule has 0 saturated heterocycles. The normalized spacial score (nSPS) is 33.4. The number of fused-ring (bicyclic) bond motifs is 1. The molecule has 6 atom stereocenters. The number of ether oxygens (including phenoxy) is 1. The summed E-state index contributed by atoms with van der Waals surface area (Å²) in [5.74, 6) is -5.40. The van der Waals surface area contributed by atoms with E-state index in [0.717, 1.165) is 6.42 Å². The summed E-state index contributed by atoms with van der Waals surface area (Å²) in [5, 5.41) is 41.5. The fourth-order valence-corrected chi connectivity index (χ4v) is 4.74. The first-order chi connectivity index (χ1) is 19.8. The monoisotopic (exact) mass is 528 g/mol. The molecule has 2 fully saturated rings. The smallest absolute Gasteiger partial charge is 0.191 e. The van der Waals surface area contributed by atoms with Crippen LogP contribution in [-0.4, -0.2) is 83.6 Å². The number of thioether (sulfide) groups is 1. The molecule has 194 valence electrons. The summed E-state index contributed by atoms with van der Waals surface area (Å²) in [4.78, 5) is 8.92. The molecule has 5 rings (SSSR count). The van der Waals surface area contributed by atoms with Gasteiger partial charge in [-0.3, -0.25) is 0 Å². The number of rotatable bonds is 10. The van der Waals surface area contributed by atoms with Crippen LogP contribution >= 0.6 is 11.8 Å². The number of hydrogen-bond donors (Lipinski definition) is 4. The van der Waals surface area contributed by atoms with Gasteiger partial charge in [0.1, 0.15) is 12.2 Å². The molecule has 2 saturated carbocycles. The second kappa shape index (κ2) is 10.5. The Balaban J connectivity index is 1.55. The molecular formula is C23H28F2N6O4S. The van der Waals surface area contributed by atoms with Gasteiger partial charge in [0, 0.05) is 28.2 Å². The lowest BCUT2D eigenvalue weighted by atomic mass is 10.1. The third kappa shape index (κ3) is 4.90. The van der Waals surface area contributed by atoms with Gasteiger partial charge in [0.15, 0.2) is 33.8 Å². The van der Waals surface area contributed by atoms with Gasteiger partial charge >= 0.3 is 0 Å². The summed E-state index contributed by atoms with van der Waals surface area (Å²) in [5.41, 5.74) is -0.642. The van der Waals surface area contributed by atoms with E-state index in [0.29, 0.717) is 5.75 Å². The van der Waals surface area contributed by atoms with Crippen LogP contribution in [-0.2, 0) is 4.74 Å². The van der Waals surface area contributed by atoms with Crippen molar-refractivity contribution in [1.29, 1.82) is 0 Å². The van der Waals surface area contributed by atoms with Crippen LogP contribution in [0.5, 0.6) is 0 Å². The van der Waals surface area contributed by atoms with Gasteiger partial charge in [0.25, 0.3) is 0 Å². The predicted octanol–water partition coefficient (Wildman–Crippen LogP) is 2.01. The Bertz CT molecular complexity index is 1500. The Morgan fingerprint density at radius 3 is 2.92 bits per heavy atom. The van der Waals surface area contributed by atoms with Crippen LogP contribution in [0.15, 0.2) is 23.3 Å². The third-order valence-corrected chi connectivity index (χ3v) is 6.91. The van der Waals surface area contributed by atoms with Crippen LogP contribution in [0.4, 0.5) is 14.6 Å². The molecule has 0 bridgehead atoms. The Kier molecular flexibility index (Phi) is 5.47. The lowest BCUT2D eigenvalue weighted by Gasteiger charge is -2.17. The van der Waals surface area contributed by atoms with Crippen molar-refractivity contribution in [3.8, 4) is 0 Å². The number of aromatic nitrogens is 5. The largest absolute Gasteiger partial charge is 0.394 e. The molecule has 13 heteroatoms. The Hall–Kier alpha value is -2.45. The van der Waals surface area contributed by atoms with Crippen molar-refractivity contribution < 1.29 is 37.1 Å². The summed E-state index contributed by atoms with van der Waals surface area (Å²) in [6.45, 7) is 1.61. The number of aliphatic hydroxyl groups is 3. The molecule has 0 spiro atoms. The van der Waals surface area contributed by atoms with Crippen molar-refractivity contribution >= 4 is 28.7 Å². The van der Waals surface area contributed by atoms with E-state index in [9.17, 15) is 19.0 Å². The average molecular weight is 529 g/mol. The number of benzene rings is 1. The van der Waals surface area contributed by atoms with Crippen LogP contribution in [0.25, 0.3) is 11.2 Å².